The Morgan fingerprint density at radius 1 is 1.57 bits per heavy atom. The zero-order valence-electron chi connectivity index (χ0n) is 7.52. The van der Waals surface area contributed by atoms with Gasteiger partial charge in [-0.05, 0) is 18.1 Å². The average Bonchev–Trinajstić information content (AvgIpc) is 2.38. The SMILES string of the molecule is O=C(O)C1CCCC[n+]2[nH]oc(=O)c21. The Morgan fingerprint density at radius 3 is 3.07 bits per heavy atom. The second-order valence-corrected chi connectivity index (χ2v) is 3.40. The minimum absolute atomic E-state index is 0.231. The Balaban J connectivity index is 2.50. The van der Waals surface area contributed by atoms with E-state index in [1.165, 1.54) is 4.68 Å². The third kappa shape index (κ3) is 1.32. The van der Waals surface area contributed by atoms with Crippen LogP contribution in [-0.4, -0.2) is 16.3 Å². The zero-order chi connectivity index (χ0) is 10.1. The minimum Gasteiger partial charge on any atom is -0.481 e. The normalized spacial score (nSPS) is 21.3. The molecule has 0 bridgehead atoms. The lowest BCUT2D eigenvalue weighted by molar-refractivity contribution is -0.767. The van der Waals surface area contributed by atoms with Crippen molar-refractivity contribution in [3.05, 3.63) is 16.1 Å². The Hall–Kier alpha value is -1.59. The smallest absolute Gasteiger partial charge is 0.430 e. The molecule has 2 heterocycles. The number of aryl methyl sites for hydroxylation is 1. The minimum atomic E-state index is -0.965. The number of aliphatic carboxylic acids is 1. The number of carboxylic acid groups (broad SMARTS) is 1. The molecule has 1 atom stereocenters. The van der Waals surface area contributed by atoms with Crippen molar-refractivity contribution in [3.63, 3.8) is 0 Å². The molecule has 76 valence electrons. The van der Waals surface area contributed by atoms with E-state index < -0.39 is 17.5 Å². The van der Waals surface area contributed by atoms with Crippen LogP contribution in [0.1, 0.15) is 30.9 Å². The average molecular weight is 199 g/mol. The molecule has 1 aromatic rings. The van der Waals surface area contributed by atoms with Gasteiger partial charge in [0.15, 0.2) is 12.5 Å². The monoisotopic (exact) mass is 199 g/mol. The summed E-state index contributed by atoms with van der Waals surface area (Å²) in [7, 11) is 0. The van der Waals surface area contributed by atoms with Crippen LogP contribution in [0, 0.1) is 0 Å². The van der Waals surface area contributed by atoms with Crippen LogP contribution in [0.3, 0.4) is 0 Å². The Labute approximate surface area is 79.1 Å². The maximum absolute atomic E-state index is 11.2. The van der Waals surface area contributed by atoms with Gasteiger partial charge >= 0.3 is 17.3 Å². The number of carbonyl (C=O) groups is 1. The molecule has 0 radical (unpaired) electrons. The molecule has 14 heavy (non-hydrogen) atoms. The molecule has 0 aliphatic carbocycles. The molecule has 2 N–H and O–H groups in total. The van der Waals surface area contributed by atoms with E-state index in [-0.39, 0.29) is 5.69 Å². The number of nitrogens with one attached hydrogen (secondary N) is 1. The van der Waals surface area contributed by atoms with Crippen molar-refractivity contribution >= 4 is 5.97 Å². The maximum atomic E-state index is 11.2. The molecule has 1 aliphatic rings. The van der Waals surface area contributed by atoms with E-state index in [0.29, 0.717) is 13.0 Å². The van der Waals surface area contributed by atoms with Crippen LogP contribution in [-0.2, 0) is 11.3 Å². The van der Waals surface area contributed by atoms with E-state index in [4.69, 9.17) is 5.11 Å². The fraction of sp³-hybridized carbons (Fsp3) is 0.625. The fourth-order valence-electron chi connectivity index (χ4n) is 1.80. The summed E-state index contributed by atoms with van der Waals surface area (Å²) in [4.78, 5) is 22.2. The second-order valence-electron chi connectivity index (χ2n) is 3.40. The topological polar surface area (TPSA) is 87.2 Å². The number of fused-ring (bicyclic) bond motifs is 1. The van der Waals surface area contributed by atoms with E-state index in [0.717, 1.165) is 12.8 Å². The molecule has 0 amide bonds. The van der Waals surface area contributed by atoms with Crippen molar-refractivity contribution in [2.24, 2.45) is 0 Å². The first-order valence-electron chi connectivity index (χ1n) is 4.54. The number of aromatic nitrogens is 2. The van der Waals surface area contributed by atoms with Gasteiger partial charge in [0.25, 0.3) is 0 Å². The van der Waals surface area contributed by atoms with Crippen LogP contribution in [0.5, 0.6) is 0 Å². The first kappa shape index (κ1) is 8.98. The maximum Gasteiger partial charge on any atom is 0.430 e. The molecule has 1 aromatic heterocycles. The first-order chi connectivity index (χ1) is 6.70. The van der Waals surface area contributed by atoms with Gasteiger partial charge in [-0.3, -0.25) is 9.32 Å². The molecule has 1 aliphatic heterocycles. The molecule has 2 rings (SSSR count). The summed E-state index contributed by atoms with van der Waals surface area (Å²) < 4.78 is 6.07. The molecule has 6 heteroatoms. The van der Waals surface area contributed by atoms with E-state index in [9.17, 15) is 9.59 Å². The quantitative estimate of drug-likeness (QED) is 0.603. The first-order valence-corrected chi connectivity index (χ1v) is 4.54. The van der Waals surface area contributed by atoms with E-state index >= 15 is 0 Å². The van der Waals surface area contributed by atoms with E-state index in [1.54, 1.807) is 0 Å². The molecule has 1 unspecified atom stereocenters. The zero-order valence-corrected chi connectivity index (χ0v) is 7.52. The van der Waals surface area contributed by atoms with Crippen molar-refractivity contribution in [2.45, 2.75) is 31.7 Å². The molecule has 6 nitrogen and oxygen atoms in total. The summed E-state index contributed by atoms with van der Waals surface area (Å²) in [6.07, 6.45) is 2.17. The summed E-state index contributed by atoms with van der Waals surface area (Å²) >= 11 is 0. The number of carboxylic acids is 1. The van der Waals surface area contributed by atoms with Crippen molar-refractivity contribution < 1.29 is 19.1 Å². The number of hydrogen-bond acceptors (Lipinski definition) is 3. The summed E-state index contributed by atoms with van der Waals surface area (Å²) in [5.74, 6) is -1.70. The van der Waals surface area contributed by atoms with Gasteiger partial charge in [-0.25, -0.2) is 4.79 Å². The van der Waals surface area contributed by atoms with Gasteiger partial charge in [0.2, 0.25) is 0 Å². The number of aromatic amines is 1. The highest BCUT2D eigenvalue weighted by molar-refractivity contribution is 5.74. The number of rotatable bonds is 1. The summed E-state index contributed by atoms with van der Waals surface area (Å²) in [6.45, 7) is 0.616. The molecule has 0 aromatic carbocycles. The standard InChI is InChI=1S/C8H10N2O4/c11-7(12)5-3-1-2-4-10-6(5)8(13)14-9-10/h5H,1-4H2,(H-,9,11,12,13)/p+1. The molecule has 0 saturated heterocycles. The highest BCUT2D eigenvalue weighted by Crippen LogP contribution is 2.19. The third-order valence-electron chi connectivity index (χ3n) is 2.50. The molecule has 0 fully saturated rings. The predicted molar refractivity (Wildman–Crippen MR) is 43.8 cm³/mol. The lowest BCUT2D eigenvalue weighted by Crippen LogP contribution is -2.42. The van der Waals surface area contributed by atoms with Crippen LogP contribution in [0.15, 0.2) is 9.32 Å². The Morgan fingerprint density at radius 2 is 2.36 bits per heavy atom. The lowest BCUT2D eigenvalue weighted by atomic mass is 10.0. The van der Waals surface area contributed by atoms with Crippen LogP contribution in [0.25, 0.3) is 0 Å². The van der Waals surface area contributed by atoms with Crippen LogP contribution >= 0.6 is 0 Å². The number of hydrogen-bond donors (Lipinski definition) is 2. The van der Waals surface area contributed by atoms with Gasteiger partial charge in [0, 0.05) is 6.42 Å². The van der Waals surface area contributed by atoms with Crippen LogP contribution < -0.4 is 10.3 Å². The van der Waals surface area contributed by atoms with Gasteiger partial charge in [0.1, 0.15) is 0 Å². The lowest BCUT2D eigenvalue weighted by Gasteiger charge is -2.00. The Kier molecular flexibility index (Phi) is 2.11. The van der Waals surface area contributed by atoms with Crippen molar-refractivity contribution in [2.75, 3.05) is 0 Å². The largest absolute Gasteiger partial charge is 0.481 e. The molecular formula is C8H11N2O4+. The van der Waals surface area contributed by atoms with Crippen LogP contribution in [0.4, 0.5) is 0 Å². The predicted octanol–water partition coefficient (Wildman–Crippen LogP) is -0.393. The summed E-state index contributed by atoms with van der Waals surface area (Å²) in [6, 6.07) is 0. The van der Waals surface area contributed by atoms with E-state index in [1.807, 2.05) is 0 Å². The Bertz CT molecular complexity index is 406. The van der Waals surface area contributed by atoms with Gasteiger partial charge in [0.05, 0.1) is 0 Å². The number of H-pyrrole nitrogens is 1. The van der Waals surface area contributed by atoms with Gasteiger partial charge in [-0.1, -0.05) is 4.68 Å². The van der Waals surface area contributed by atoms with Gasteiger partial charge in [-0.2, -0.15) is 0 Å². The van der Waals surface area contributed by atoms with Crippen molar-refractivity contribution in [3.8, 4) is 0 Å². The highest BCUT2D eigenvalue weighted by atomic mass is 16.5. The summed E-state index contributed by atoms with van der Waals surface area (Å²) in [5.41, 5.74) is -0.339. The number of nitrogens with zero attached hydrogens (tertiary/aromatic N) is 1. The van der Waals surface area contributed by atoms with Gasteiger partial charge in [-0.15, -0.1) is 0 Å². The van der Waals surface area contributed by atoms with Crippen molar-refractivity contribution in [1.29, 1.82) is 0 Å². The van der Waals surface area contributed by atoms with E-state index in [2.05, 4.69) is 9.79 Å². The summed E-state index contributed by atoms with van der Waals surface area (Å²) in [5, 5.41) is 11.4. The third-order valence-corrected chi connectivity index (χ3v) is 2.50. The van der Waals surface area contributed by atoms with Gasteiger partial charge < -0.3 is 5.11 Å². The fourth-order valence-corrected chi connectivity index (χ4v) is 1.80. The molecular weight excluding hydrogens is 188 g/mol. The second kappa shape index (κ2) is 3.28. The van der Waals surface area contributed by atoms with Crippen molar-refractivity contribution in [1.82, 2.24) is 5.27 Å². The molecule has 0 spiro atoms. The molecule has 0 saturated carbocycles. The highest BCUT2D eigenvalue weighted by Gasteiger charge is 2.37. The van der Waals surface area contributed by atoms with Crippen LogP contribution in [0.2, 0.25) is 0 Å².